The molecule has 4 aromatic rings. The molecule has 0 radical (unpaired) electrons. The van der Waals surface area contributed by atoms with Crippen molar-refractivity contribution < 1.29 is 0 Å². The van der Waals surface area contributed by atoms with Gasteiger partial charge in [-0.2, -0.15) is 0 Å². The largest absolute Gasteiger partial charge is 0.399 e. The van der Waals surface area contributed by atoms with Gasteiger partial charge < -0.3 is 16.5 Å². The molecule has 122 valence electrons. The minimum atomic E-state index is -0.249. The molecule has 0 bridgehead atoms. The molecule has 6 heteroatoms. The number of H-pyrrole nitrogens is 1. The lowest BCUT2D eigenvalue weighted by atomic mass is 10.1. The highest BCUT2D eigenvalue weighted by Crippen LogP contribution is 2.26. The van der Waals surface area contributed by atoms with Gasteiger partial charge in [-0.3, -0.25) is 5.41 Å². The van der Waals surface area contributed by atoms with Crippen LogP contribution in [-0.4, -0.2) is 15.9 Å². The van der Waals surface area contributed by atoms with Crippen molar-refractivity contribution in [1.82, 2.24) is 9.97 Å². The average Bonchev–Trinajstić information content (AvgIpc) is 3.04. The molecule has 0 aliphatic carbocycles. The molecule has 0 amide bonds. The standard InChI is InChI=1S/C19H16N6/c20-12-7-5-11(6-8-12)16-14-9-10-23-17(14)18(25-19(21)22)13-3-1-2-4-15(13)24-16/h1-10,23H,20H2,(H3,21,22)/b25-18-. The van der Waals surface area contributed by atoms with E-state index < -0.39 is 0 Å². The van der Waals surface area contributed by atoms with Crippen LogP contribution in [0.15, 0.2) is 65.8 Å². The summed E-state index contributed by atoms with van der Waals surface area (Å²) in [6.45, 7) is 0. The molecule has 0 fully saturated rings. The first-order valence-corrected chi connectivity index (χ1v) is 7.78. The van der Waals surface area contributed by atoms with Gasteiger partial charge in [-0.15, -0.1) is 0 Å². The molecule has 6 nitrogen and oxygen atoms in total. The summed E-state index contributed by atoms with van der Waals surface area (Å²) in [5.41, 5.74) is 15.4. The zero-order valence-corrected chi connectivity index (χ0v) is 13.3. The van der Waals surface area contributed by atoms with E-state index in [1.54, 1.807) is 0 Å². The van der Waals surface area contributed by atoms with Crippen LogP contribution in [0.3, 0.4) is 0 Å². The van der Waals surface area contributed by atoms with Gasteiger partial charge in [0.2, 0.25) is 5.96 Å². The minimum absolute atomic E-state index is 0.249. The Bertz CT molecular complexity index is 1170. The fourth-order valence-corrected chi connectivity index (χ4v) is 2.95. The van der Waals surface area contributed by atoms with Crippen LogP contribution < -0.4 is 16.8 Å². The highest BCUT2D eigenvalue weighted by atomic mass is 15.0. The van der Waals surface area contributed by atoms with Crippen molar-refractivity contribution in [2.75, 3.05) is 5.73 Å². The second-order valence-electron chi connectivity index (χ2n) is 5.71. The summed E-state index contributed by atoms with van der Waals surface area (Å²) in [4.78, 5) is 12.3. The SMILES string of the molecule is N=C(N)/N=c1/c2ccccc2nc(-c2ccc(N)cc2)c2cc[nH]c12. The number of nitrogen functional groups attached to an aromatic ring is 1. The zero-order valence-electron chi connectivity index (χ0n) is 13.3. The van der Waals surface area contributed by atoms with Gasteiger partial charge in [0.15, 0.2) is 0 Å². The van der Waals surface area contributed by atoms with Gasteiger partial charge >= 0.3 is 0 Å². The van der Waals surface area contributed by atoms with E-state index in [-0.39, 0.29) is 5.96 Å². The summed E-state index contributed by atoms with van der Waals surface area (Å²) in [6, 6.07) is 17.2. The van der Waals surface area contributed by atoms with Gasteiger partial charge in [0.1, 0.15) is 5.36 Å². The van der Waals surface area contributed by atoms with E-state index in [0.29, 0.717) is 11.0 Å². The number of fused-ring (bicyclic) bond motifs is 2. The van der Waals surface area contributed by atoms with Gasteiger partial charge in [0.05, 0.1) is 16.7 Å². The number of nitrogens with zero attached hydrogens (tertiary/aromatic N) is 2. The number of nitrogens with one attached hydrogen (secondary N) is 2. The van der Waals surface area contributed by atoms with E-state index in [9.17, 15) is 0 Å². The molecular formula is C19H16N6. The second-order valence-corrected chi connectivity index (χ2v) is 5.71. The lowest BCUT2D eigenvalue weighted by Crippen LogP contribution is -2.13. The van der Waals surface area contributed by atoms with Crippen molar-refractivity contribution in [2.24, 2.45) is 10.7 Å². The summed E-state index contributed by atoms with van der Waals surface area (Å²) in [7, 11) is 0. The Morgan fingerprint density at radius 1 is 1.00 bits per heavy atom. The van der Waals surface area contributed by atoms with Crippen molar-refractivity contribution in [2.45, 2.75) is 0 Å². The monoisotopic (exact) mass is 328 g/mol. The van der Waals surface area contributed by atoms with Crippen molar-refractivity contribution in [3.63, 3.8) is 0 Å². The highest BCUT2D eigenvalue weighted by Gasteiger charge is 2.10. The number of nitrogens with two attached hydrogens (primary N) is 2. The minimum Gasteiger partial charge on any atom is -0.399 e. The molecule has 2 heterocycles. The Kier molecular flexibility index (Phi) is 3.43. The first-order chi connectivity index (χ1) is 12.1. The fraction of sp³-hybridized carbons (Fsp3) is 0. The van der Waals surface area contributed by atoms with Gasteiger partial charge in [-0.05, 0) is 24.3 Å². The van der Waals surface area contributed by atoms with Crippen LogP contribution in [0.5, 0.6) is 0 Å². The lowest BCUT2D eigenvalue weighted by molar-refractivity contribution is 1.31. The summed E-state index contributed by atoms with van der Waals surface area (Å²) >= 11 is 0. The number of para-hydroxylation sites is 1. The number of hydrogen-bond acceptors (Lipinski definition) is 3. The average molecular weight is 328 g/mol. The van der Waals surface area contributed by atoms with E-state index >= 15 is 0 Å². The van der Waals surface area contributed by atoms with Crippen LogP contribution in [0.2, 0.25) is 0 Å². The number of aromatic amines is 1. The fourth-order valence-electron chi connectivity index (χ4n) is 2.95. The van der Waals surface area contributed by atoms with E-state index in [2.05, 4.69) is 9.98 Å². The van der Waals surface area contributed by atoms with E-state index in [4.69, 9.17) is 21.9 Å². The van der Waals surface area contributed by atoms with Crippen LogP contribution >= 0.6 is 0 Å². The molecule has 0 spiro atoms. The first-order valence-electron chi connectivity index (χ1n) is 7.78. The Labute approximate surface area is 143 Å². The van der Waals surface area contributed by atoms with E-state index in [1.807, 2.05) is 60.8 Å². The Balaban J connectivity index is 2.24. The Morgan fingerprint density at radius 2 is 1.76 bits per heavy atom. The predicted octanol–water partition coefficient (Wildman–Crippen LogP) is 2.76. The number of benzene rings is 2. The molecule has 0 saturated carbocycles. The molecule has 0 atom stereocenters. The third-order valence-corrected chi connectivity index (χ3v) is 4.05. The molecule has 0 unspecified atom stereocenters. The third-order valence-electron chi connectivity index (χ3n) is 4.05. The van der Waals surface area contributed by atoms with Crippen molar-refractivity contribution in [3.05, 3.63) is 66.2 Å². The maximum Gasteiger partial charge on any atom is 0.213 e. The highest BCUT2D eigenvalue weighted by molar-refractivity contribution is 5.98. The van der Waals surface area contributed by atoms with Gasteiger partial charge in [-0.25, -0.2) is 9.98 Å². The summed E-state index contributed by atoms with van der Waals surface area (Å²) in [5.74, 6) is -0.249. The Hall–Kier alpha value is -3.67. The number of rotatable bonds is 1. The van der Waals surface area contributed by atoms with Gasteiger partial charge in [0, 0.05) is 28.2 Å². The second kappa shape index (κ2) is 5.76. The third kappa shape index (κ3) is 2.59. The molecule has 4 rings (SSSR count). The zero-order chi connectivity index (χ0) is 17.4. The molecule has 2 aromatic heterocycles. The lowest BCUT2D eigenvalue weighted by Gasteiger charge is -2.01. The van der Waals surface area contributed by atoms with Crippen molar-refractivity contribution >= 4 is 33.5 Å². The first kappa shape index (κ1) is 14.9. The van der Waals surface area contributed by atoms with Gasteiger partial charge in [-0.1, -0.05) is 30.3 Å². The summed E-state index contributed by atoms with van der Waals surface area (Å²) in [5, 5.41) is 9.94. The van der Waals surface area contributed by atoms with Gasteiger partial charge in [0.25, 0.3) is 0 Å². The topological polar surface area (TPSA) is 117 Å². The number of guanidine groups is 1. The van der Waals surface area contributed by atoms with Crippen LogP contribution in [0, 0.1) is 5.41 Å². The quantitative estimate of drug-likeness (QED) is 0.244. The molecule has 2 aromatic carbocycles. The van der Waals surface area contributed by atoms with E-state index in [0.717, 1.165) is 33.1 Å². The number of aromatic nitrogens is 2. The number of hydrogen-bond donors (Lipinski definition) is 4. The molecule has 6 N–H and O–H groups in total. The molecular weight excluding hydrogens is 312 g/mol. The maximum absolute atomic E-state index is 7.60. The molecule has 25 heavy (non-hydrogen) atoms. The molecule has 0 aliphatic heterocycles. The van der Waals surface area contributed by atoms with Crippen LogP contribution in [0.1, 0.15) is 0 Å². The van der Waals surface area contributed by atoms with Crippen LogP contribution in [0.25, 0.3) is 33.1 Å². The molecule has 0 saturated heterocycles. The maximum atomic E-state index is 7.60. The van der Waals surface area contributed by atoms with Crippen LogP contribution in [0.4, 0.5) is 5.69 Å². The van der Waals surface area contributed by atoms with E-state index in [1.165, 1.54) is 0 Å². The summed E-state index contributed by atoms with van der Waals surface area (Å²) in [6.07, 6.45) is 1.83. The van der Waals surface area contributed by atoms with Crippen molar-refractivity contribution in [3.8, 4) is 11.3 Å². The number of anilines is 1. The smallest absolute Gasteiger partial charge is 0.213 e. The van der Waals surface area contributed by atoms with Crippen molar-refractivity contribution in [1.29, 1.82) is 5.41 Å². The van der Waals surface area contributed by atoms with Crippen LogP contribution in [-0.2, 0) is 0 Å². The Morgan fingerprint density at radius 3 is 2.52 bits per heavy atom. The normalized spacial score (nSPS) is 11.9. The summed E-state index contributed by atoms with van der Waals surface area (Å²) < 4.78 is 0. The predicted molar refractivity (Wildman–Crippen MR) is 101 cm³/mol. The molecule has 0 aliphatic rings.